The lowest BCUT2D eigenvalue weighted by molar-refractivity contribution is -0.247. The lowest BCUT2D eigenvalue weighted by Crippen LogP contribution is -2.55. The Morgan fingerprint density at radius 2 is 1.86 bits per heavy atom. The molecule has 3 saturated heterocycles. The predicted molar refractivity (Wildman–Crippen MR) is 103 cm³/mol. The molecule has 3 heterocycles. The molecule has 1 N–H and O–H groups in total. The molecule has 0 amide bonds. The molecule has 8 heteroatoms. The lowest BCUT2D eigenvalue weighted by Gasteiger charge is -2.37. The van der Waals surface area contributed by atoms with E-state index in [4.69, 9.17) is 28.4 Å². The molecule has 5 atom stereocenters. The Morgan fingerprint density at radius 3 is 2.45 bits per heavy atom. The minimum Gasteiger partial charge on any atom is -0.480 e. The van der Waals surface area contributed by atoms with Crippen LogP contribution in [-0.2, 0) is 33.2 Å². The normalized spacial score (nSPS) is 38.2. The molecule has 0 aliphatic carbocycles. The van der Waals surface area contributed by atoms with Gasteiger partial charge in [-0.25, -0.2) is 4.79 Å². The molecule has 0 saturated carbocycles. The van der Waals surface area contributed by atoms with E-state index < -0.39 is 54.4 Å². The van der Waals surface area contributed by atoms with Crippen LogP contribution in [0.2, 0.25) is 0 Å². The van der Waals surface area contributed by atoms with Gasteiger partial charge in [0, 0.05) is 0 Å². The van der Waals surface area contributed by atoms with Crippen LogP contribution in [0, 0.1) is 5.92 Å². The Morgan fingerprint density at radius 1 is 1.14 bits per heavy atom. The van der Waals surface area contributed by atoms with Crippen molar-refractivity contribution >= 4 is 5.97 Å². The maximum atomic E-state index is 11.4. The summed E-state index contributed by atoms with van der Waals surface area (Å²) in [7, 11) is 0. The first kappa shape index (κ1) is 22.7. The molecular formula is C21H34O8. The number of aliphatic carboxylic acids is 1. The van der Waals surface area contributed by atoms with Crippen molar-refractivity contribution in [1.82, 2.24) is 0 Å². The molecule has 0 unspecified atom stereocenters. The lowest BCUT2D eigenvalue weighted by atomic mass is 9.87. The predicted octanol–water partition coefficient (Wildman–Crippen LogP) is 2.85. The standard InChI is InChI=1S/C21H34O8/c1-13(2)9-7-8-10-21(25-12-15(22)23)16(14-11-24-19(3,4)27-14)26-18-17(21)28-20(5,6)29-18/h8,10,13-14,16-18H,7,9,11-12H2,1-6H3,(H,22,23)/b10-8+/t14-,16-,17+,18-,21-/m1/s1. The Kier molecular flexibility index (Phi) is 6.44. The molecule has 3 aliphatic rings. The van der Waals surface area contributed by atoms with Crippen molar-refractivity contribution in [2.24, 2.45) is 5.92 Å². The topological polar surface area (TPSA) is 92.7 Å². The summed E-state index contributed by atoms with van der Waals surface area (Å²) < 4.78 is 36.0. The average molecular weight is 414 g/mol. The number of allylic oxidation sites excluding steroid dienone is 1. The van der Waals surface area contributed by atoms with E-state index in [2.05, 4.69) is 13.8 Å². The highest BCUT2D eigenvalue weighted by Gasteiger charge is 2.66. The smallest absolute Gasteiger partial charge is 0.329 e. The highest BCUT2D eigenvalue weighted by molar-refractivity contribution is 5.68. The van der Waals surface area contributed by atoms with E-state index >= 15 is 0 Å². The number of hydrogen-bond acceptors (Lipinski definition) is 7. The molecule has 3 aliphatic heterocycles. The molecule has 0 bridgehead atoms. The van der Waals surface area contributed by atoms with E-state index in [1.54, 1.807) is 13.8 Å². The van der Waals surface area contributed by atoms with Crippen molar-refractivity contribution in [3.63, 3.8) is 0 Å². The van der Waals surface area contributed by atoms with Crippen LogP contribution in [0.4, 0.5) is 0 Å². The van der Waals surface area contributed by atoms with Crippen molar-refractivity contribution in [2.75, 3.05) is 13.2 Å². The van der Waals surface area contributed by atoms with Gasteiger partial charge in [0.1, 0.15) is 30.5 Å². The molecule has 0 spiro atoms. The molecule has 166 valence electrons. The summed E-state index contributed by atoms with van der Waals surface area (Å²) in [6.07, 6.45) is 3.33. The zero-order valence-electron chi connectivity index (χ0n) is 18.2. The molecule has 8 nitrogen and oxygen atoms in total. The second-order valence-corrected chi connectivity index (χ2v) is 9.26. The highest BCUT2D eigenvalue weighted by Crippen LogP contribution is 2.48. The number of ether oxygens (including phenoxy) is 6. The molecule has 0 radical (unpaired) electrons. The first-order valence-electron chi connectivity index (χ1n) is 10.3. The van der Waals surface area contributed by atoms with Gasteiger partial charge in [0.2, 0.25) is 0 Å². The third-order valence-electron chi connectivity index (χ3n) is 5.33. The van der Waals surface area contributed by atoms with Gasteiger partial charge in [-0.3, -0.25) is 0 Å². The van der Waals surface area contributed by atoms with Crippen LogP contribution >= 0.6 is 0 Å². The first-order chi connectivity index (χ1) is 13.4. The van der Waals surface area contributed by atoms with Gasteiger partial charge in [0.05, 0.1) is 6.61 Å². The summed E-state index contributed by atoms with van der Waals surface area (Å²) in [5.41, 5.74) is -1.16. The number of hydrogen-bond donors (Lipinski definition) is 1. The first-order valence-corrected chi connectivity index (χ1v) is 10.3. The summed E-state index contributed by atoms with van der Waals surface area (Å²) in [6, 6.07) is 0. The van der Waals surface area contributed by atoms with E-state index in [9.17, 15) is 9.90 Å². The molecule has 3 rings (SSSR count). The Balaban J connectivity index is 1.92. The van der Waals surface area contributed by atoms with Gasteiger partial charge in [-0.05, 0) is 46.5 Å². The van der Waals surface area contributed by atoms with Crippen LogP contribution in [0.1, 0.15) is 54.4 Å². The number of carbonyl (C=O) groups is 1. The van der Waals surface area contributed by atoms with Gasteiger partial charge in [-0.1, -0.05) is 26.0 Å². The van der Waals surface area contributed by atoms with Crippen LogP contribution in [-0.4, -0.2) is 66.1 Å². The van der Waals surface area contributed by atoms with Crippen molar-refractivity contribution < 1.29 is 38.3 Å². The summed E-state index contributed by atoms with van der Waals surface area (Å²) >= 11 is 0. The van der Waals surface area contributed by atoms with Crippen molar-refractivity contribution in [3.8, 4) is 0 Å². The van der Waals surface area contributed by atoms with E-state index in [1.807, 2.05) is 26.0 Å². The average Bonchev–Trinajstić information content (AvgIpc) is 3.18. The number of fused-ring (bicyclic) bond motifs is 1. The SMILES string of the molecule is CC(C)CC/C=C/[C@@]1(OCC(=O)O)[C@@H]([C@H]2COC(C)(C)O2)O[C@@H]2OC(C)(C)O[C@@H]21. The second kappa shape index (κ2) is 8.24. The zero-order chi connectivity index (χ0) is 21.4. The monoisotopic (exact) mass is 414 g/mol. The Hall–Kier alpha value is -1.03. The molecule has 0 aromatic carbocycles. The minimum absolute atomic E-state index is 0.304. The van der Waals surface area contributed by atoms with Gasteiger partial charge in [0.15, 0.2) is 17.9 Å². The summed E-state index contributed by atoms with van der Waals surface area (Å²) in [5, 5.41) is 9.29. The van der Waals surface area contributed by atoms with Gasteiger partial charge in [-0.15, -0.1) is 0 Å². The van der Waals surface area contributed by atoms with Gasteiger partial charge < -0.3 is 33.5 Å². The fourth-order valence-electron chi connectivity index (χ4n) is 4.08. The summed E-state index contributed by atoms with van der Waals surface area (Å²) in [4.78, 5) is 11.4. The number of rotatable bonds is 8. The quantitative estimate of drug-likeness (QED) is 0.606. The van der Waals surface area contributed by atoms with E-state index in [1.165, 1.54) is 0 Å². The second-order valence-electron chi connectivity index (χ2n) is 9.26. The van der Waals surface area contributed by atoms with Crippen LogP contribution in [0.25, 0.3) is 0 Å². The number of carboxylic acids is 1. The third kappa shape index (κ3) is 5.00. The fourth-order valence-corrected chi connectivity index (χ4v) is 4.08. The highest BCUT2D eigenvalue weighted by atomic mass is 16.9. The molecule has 3 fully saturated rings. The number of carboxylic acid groups (broad SMARTS) is 1. The van der Waals surface area contributed by atoms with Crippen LogP contribution in [0.15, 0.2) is 12.2 Å². The molecular weight excluding hydrogens is 380 g/mol. The Labute approximate surface area is 172 Å². The molecule has 0 aromatic heterocycles. The van der Waals surface area contributed by atoms with Crippen LogP contribution < -0.4 is 0 Å². The van der Waals surface area contributed by atoms with Crippen LogP contribution in [0.5, 0.6) is 0 Å². The maximum absolute atomic E-state index is 11.4. The molecule has 29 heavy (non-hydrogen) atoms. The molecule has 0 aromatic rings. The zero-order valence-corrected chi connectivity index (χ0v) is 18.2. The van der Waals surface area contributed by atoms with E-state index in [0.29, 0.717) is 12.5 Å². The maximum Gasteiger partial charge on any atom is 0.329 e. The third-order valence-corrected chi connectivity index (χ3v) is 5.33. The van der Waals surface area contributed by atoms with E-state index in [0.717, 1.165) is 12.8 Å². The van der Waals surface area contributed by atoms with E-state index in [-0.39, 0.29) is 0 Å². The fraction of sp³-hybridized carbons (Fsp3) is 0.857. The summed E-state index contributed by atoms with van der Waals surface area (Å²) in [6.45, 7) is 11.4. The largest absolute Gasteiger partial charge is 0.480 e. The van der Waals surface area contributed by atoms with Gasteiger partial charge in [-0.2, -0.15) is 0 Å². The van der Waals surface area contributed by atoms with Crippen molar-refractivity contribution in [1.29, 1.82) is 0 Å². The van der Waals surface area contributed by atoms with Crippen molar-refractivity contribution in [2.45, 2.75) is 96.2 Å². The van der Waals surface area contributed by atoms with Gasteiger partial charge in [0.25, 0.3) is 0 Å². The van der Waals surface area contributed by atoms with Crippen molar-refractivity contribution in [3.05, 3.63) is 12.2 Å². The van der Waals surface area contributed by atoms with Crippen LogP contribution in [0.3, 0.4) is 0 Å². The Bertz CT molecular complexity index is 628. The van der Waals surface area contributed by atoms with Gasteiger partial charge >= 0.3 is 5.97 Å². The minimum atomic E-state index is -1.16. The summed E-state index contributed by atoms with van der Waals surface area (Å²) in [5.74, 6) is -2.14.